The van der Waals surface area contributed by atoms with Gasteiger partial charge in [0, 0.05) is 6.42 Å². The highest BCUT2D eigenvalue weighted by Crippen LogP contribution is 2.16. The van der Waals surface area contributed by atoms with Gasteiger partial charge in [0.2, 0.25) is 0 Å². The van der Waals surface area contributed by atoms with Gasteiger partial charge in [-0.15, -0.1) is 0 Å². The fraction of sp³-hybridized carbons (Fsp3) is 0.941. The Bertz CT molecular complexity index is 258. The van der Waals surface area contributed by atoms with Gasteiger partial charge in [-0.3, -0.25) is 4.79 Å². The molecule has 0 saturated heterocycles. The van der Waals surface area contributed by atoms with Crippen LogP contribution in [0.2, 0.25) is 0 Å². The van der Waals surface area contributed by atoms with Crippen LogP contribution in [0.3, 0.4) is 0 Å². The number of Topliss-reactive ketones (excluding diaryl/α,β-unsaturated/α-hetero) is 1. The van der Waals surface area contributed by atoms with Crippen molar-refractivity contribution in [3.63, 3.8) is 0 Å². The Morgan fingerprint density at radius 2 is 1.19 bits per heavy atom. The summed E-state index contributed by atoms with van der Waals surface area (Å²) in [5, 5.41) is 26.8. The van der Waals surface area contributed by atoms with Gasteiger partial charge >= 0.3 is 0 Å². The minimum absolute atomic E-state index is 0.293. The number of rotatable bonds is 14. The van der Waals surface area contributed by atoms with Crippen molar-refractivity contribution in [3.05, 3.63) is 0 Å². The van der Waals surface area contributed by atoms with Gasteiger partial charge in [-0.25, -0.2) is 0 Å². The molecule has 0 radical (unpaired) electrons. The van der Waals surface area contributed by atoms with Crippen LogP contribution in [0.5, 0.6) is 0 Å². The Balaban J connectivity index is 3.35. The van der Waals surface area contributed by atoms with Crippen LogP contribution in [0.25, 0.3) is 0 Å². The standard InChI is InChI=1S/C17H34O4/c1-3-4-5-6-7-8-9-10-11-12-13-14-16(18)15(2)17(19,20)21/h15,19-21H,3-14H2,1-2H3. The van der Waals surface area contributed by atoms with E-state index in [1.165, 1.54) is 58.3 Å². The Labute approximate surface area is 129 Å². The van der Waals surface area contributed by atoms with Crippen molar-refractivity contribution in [1.82, 2.24) is 0 Å². The van der Waals surface area contributed by atoms with Crippen LogP contribution >= 0.6 is 0 Å². The van der Waals surface area contributed by atoms with Crippen molar-refractivity contribution in [2.75, 3.05) is 0 Å². The summed E-state index contributed by atoms with van der Waals surface area (Å²) >= 11 is 0. The van der Waals surface area contributed by atoms with Crippen LogP contribution in [-0.2, 0) is 4.79 Å². The molecule has 0 aromatic rings. The van der Waals surface area contributed by atoms with Crippen LogP contribution in [0.1, 0.15) is 90.9 Å². The molecule has 0 spiro atoms. The number of carbonyl (C=O) groups excluding carboxylic acids is 1. The number of unbranched alkanes of at least 4 members (excludes halogenated alkanes) is 10. The normalized spacial score (nSPS) is 13.4. The first-order valence-corrected chi connectivity index (χ1v) is 8.59. The monoisotopic (exact) mass is 302 g/mol. The molecular formula is C17H34O4. The first-order chi connectivity index (χ1) is 9.89. The second-order valence-corrected chi connectivity index (χ2v) is 6.16. The van der Waals surface area contributed by atoms with Gasteiger partial charge < -0.3 is 15.3 Å². The highest BCUT2D eigenvalue weighted by molar-refractivity contribution is 5.81. The van der Waals surface area contributed by atoms with E-state index >= 15 is 0 Å². The smallest absolute Gasteiger partial charge is 0.285 e. The molecule has 0 aliphatic rings. The van der Waals surface area contributed by atoms with Crippen molar-refractivity contribution >= 4 is 5.78 Å². The molecule has 0 aliphatic carbocycles. The molecule has 0 aromatic carbocycles. The van der Waals surface area contributed by atoms with Crippen LogP contribution in [-0.4, -0.2) is 27.1 Å². The van der Waals surface area contributed by atoms with Crippen LogP contribution in [0, 0.1) is 5.92 Å². The fourth-order valence-electron chi connectivity index (χ4n) is 2.40. The van der Waals surface area contributed by atoms with Crippen LogP contribution in [0.4, 0.5) is 0 Å². The predicted molar refractivity (Wildman–Crippen MR) is 84.6 cm³/mol. The molecule has 1 unspecified atom stereocenters. The van der Waals surface area contributed by atoms with E-state index in [-0.39, 0.29) is 5.78 Å². The van der Waals surface area contributed by atoms with Crippen molar-refractivity contribution in [2.24, 2.45) is 5.92 Å². The molecule has 21 heavy (non-hydrogen) atoms. The highest BCUT2D eigenvalue weighted by atomic mass is 16.7. The van der Waals surface area contributed by atoms with E-state index in [0.29, 0.717) is 6.42 Å². The third kappa shape index (κ3) is 11.8. The minimum Gasteiger partial charge on any atom is -0.343 e. The highest BCUT2D eigenvalue weighted by Gasteiger charge is 2.33. The molecule has 0 rings (SSSR count). The molecule has 0 saturated carbocycles. The lowest BCUT2D eigenvalue weighted by Crippen LogP contribution is -2.40. The van der Waals surface area contributed by atoms with E-state index < -0.39 is 11.9 Å². The van der Waals surface area contributed by atoms with Crippen molar-refractivity contribution in [1.29, 1.82) is 0 Å². The number of ketones is 1. The van der Waals surface area contributed by atoms with Crippen LogP contribution < -0.4 is 0 Å². The molecule has 0 heterocycles. The van der Waals surface area contributed by atoms with E-state index in [0.717, 1.165) is 19.3 Å². The summed E-state index contributed by atoms with van der Waals surface area (Å²) in [6.45, 7) is 3.56. The largest absolute Gasteiger partial charge is 0.343 e. The lowest BCUT2D eigenvalue weighted by molar-refractivity contribution is -0.331. The Morgan fingerprint density at radius 3 is 1.57 bits per heavy atom. The van der Waals surface area contributed by atoms with Crippen molar-refractivity contribution in [2.45, 2.75) is 96.9 Å². The maximum Gasteiger partial charge on any atom is 0.285 e. The average molecular weight is 302 g/mol. The second kappa shape index (κ2) is 12.1. The summed E-state index contributed by atoms with van der Waals surface area (Å²) in [6, 6.07) is 0. The number of carbonyl (C=O) groups is 1. The zero-order valence-electron chi connectivity index (χ0n) is 13.8. The maximum absolute atomic E-state index is 11.6. The number of aliphatic hydroxyl groups is 3. The van der Waals surface area contributed by atoms with Gasteiger partial charge in [0.1, 0.15) is 5.78 Å². The average Bonchev–Trinajstić information content (AvgIpc) is 2.42. The molecule has 0 amide bonds. The lowest BCUT2D eigenvalue weighted by atomic mass is 9.98. The van der Waals surface area contributed by atoms with Gasteiger partial charge in [0.25, 0.3) is 5.97 Å². The Morgan fingerprint density at radius 1 is 0.810 bits per heavy atom. The molecule has 3 N–H and O–H groups in total. The van der Waals surface area contributed by atoms with E-state index in [1.54, 1.807) is 0 Å². The quantitative estimate of drug-likeness (QED) is 0.339. The Hall–Kier alpha value is -0.450. The number of hydrogen-bond acceptors (Lipinski definition) is 4. The third-order valence-corrected chi connectivity index (χ3v) is 4.09. The molecule has 4 nitrogen and oxygen atoms in total. The summed E-state index contributed by atoms with van der Waals surface area (Å²) in [5.41, 5.74) is 0. The molecule has 126 valence electrons. The first-order valence-electron chi connectivity index (χ1n) is 8.59. The van der Waals surface area contributed by atoms with Gasteiger partial charge in [-0.05, 0) is 13.3 Å². The zero-order chi connectivity index (χ0) is 16.1. The molecule has 1 atom stereocenters. The molecule has 4 heteroatoms. The molecule has 0 aromatic heterocycles. The summed E-state index contributed by atoms with van der Waals surface area (Å²) < 4.78 is 0. The van der Waals surface area contributed by atoms with E-state index in [2.05, 4.69) is 6.92 Å². The summed E-state index contributed by atoms with van der Waals surface area (Å²) in [6.07, 6.45) is 13.7. The maximum atomic E-state index is 11.6. The van der Waals surface area contributed by atoms with Gasteiger partial charge in [-0.2, -0.15) is 0 Å². The predicted octanol–water partition coefficient (Wildman–Crippen LogP) is 3.52. The fourth-order valence-corrected chi connectivity index (χ4v) is 2.40. The summed E-state index contributed by atoms with van der Waals surface area (Å²) in [7, 11) is 0. The Kier molecular flexibility index (Phi) is 11.9. The topological polar surface area (TPSA) is 77.8 Å². The second-order valence-electron chi connectivity index (χ2n) is 6.16. The van der Waals surface area contributed by atoms with Crippen LogP contribution in [0.15, 0.2) is 0 Å². The van der Waals surface area contributed by atoms with E-state index in [1.807, 2.05) is 0 Å². The first kappa shape index (κ1) is 20.6. The van der Waals surface area contributed by atoms with E-state index in [4.69, 9.17) is 15.3 Å². The molecule has 0 aliphatic heterocycles. The van der Waals surface area contributed by atoms with Crippen molar-refractivity contribution in [3.8, 4) is 0 Å². The molecular weight excluding hydrogens is 268 g/mol. The third-order valence-electron chi connectivity index (χ3n) is 4.09. The molecule has 0 fully saturated rings. The number of hydrogen-bond donors (Lipinski definition) is 3. The summed E-state index contributed by atoms with van der Waals surface area (Å²) in [4.78, 5) is 11.6. The lowest BCUT2D eigenvalue weighted by Gasteiger charge is -2.20. The van der Waals surface area contributed by atoms with Gasteiger partial charge in [-0.1, -0.05) is 71.1 Å². The van der Waals surface area contributed by atoms with E-state index in [9.17, 15) is 4.79 Å². The zero-order valence-corrected chi connectivity index (χ0v) is 13.8. The van der Waals surface area contributed by atoms with Gasteiger partial charge in [0.05, 0.1) is 5.92 Å². The minimum atomic E-state index is -2.88. The summed E-state index contributed by atoms with van der Waals surface area (Å²) in [5.74, 6) is -4.31. The molecule has 0 bridgehead atoms. The van der Waals surface area contributed by atoms with Crippen molar-refractivity contribution < 1.29 is 20.1 Å². The SMILES string of the molecule is CCCCCCCCCCCCCC(=O)C(C)C(O)(O)O. The van der Waals surface area contributed by atoms with Gasteiger partial charge in [0.15, 0.2) is 0 Å².